The number of ether oxygens (including phenoxy) is 1. The molecule has 1 saturated heterocycles. The lowest BCUT2D eigenvalue weighted by Gasteiger charge is -2.39. The number of nitrogens with one attached hydrogen (secondary N) is 2. The molecule has 3 heterocycles. The second-order valence-electron chi connectivity index (χ2n) is 10.3. The predicted octanol–water partition coefficient (Wildman–Crippen LogP) is 5.38. The van der Waals surface area contributed by atoms with Crippen LogP contribution in [0.25, 0.3) is 11.4 Å². The van der Waals surface area contributed by atoms with E-state index in [0.29, 0.717) is 59.6 Å². The Morgan fingerprint density at radius 2 is 1.95 bits per heavy atom. The highest BCUT2D eigenvalue weighted by Crippen LogP contribution is 2.75. The molecule has 3 fully saturated rings. The Balaban J connectivity index is 1.36. The topological polar surface area (TPSA) is 116 Å². The van der Waals surface area contributed by atoms with E-state index >= 15 is 0 Å². The van der Waals surface area contributed by atoms with Gasteiger partial charge in [0.15, 0.2) is 10.9 Å². The zero-order valence-electron chi connectivity index (χ0n) is 21.4. The lowest BCUT2D eigenvalue weighted by molar-refractivity contribution is 0.0985. The van der Waals surface area contributed by atoms with Crippen molar-refractivity contribution in [2.45, 2.75) is 60.7 Å². The van der Waals surface area contributed by atoms with E-state index in [-0.39, 0.29) is 6.04 Å². The fourth-order valence-electron chi connectivity index (χ4n) is 4.72. The summed E-state index contributed by atoms with van der Waals surface area (Å²) >= 11 is 6.71. The van der Waals surface area contributed by atoms with Gasteiger partial charge in [0, 0.05) is 35.3 Å². The molecule has 4 N–H and O–H groups in total. The first kappa shape index (κ1) is 25.9. The van der Waals surface area contributed by atoms with Crippen molar-refractivity contribution in [2.24, 2.45) is 0 Å². The van der Waals surface area contributed by atoms with E-state index in [4.69, 9.17) is 26.9 Å². The number of benzene rings is 1. The average Bonchev–Trinajstić information content (AvgIpc) is 3.83. The summed E-state index contributed by atoms with van der Waals surface area (Å²) in [5.41, 5.74) is 3.17. The number of hydrogen-bond acceptors (Lipinski definition) is 9. The second kappa shape index (κ2) is 10.00. The third kappa shape index (κ3) is 5.01. The van der Waals surface area contributed by atoms with Gasteiger partial charge in [-0.25, -0.2) is 15.0 Å². The quantitative estimate of drug-likeness (QED) is 0.275. The molecule has 6 rings (SSSR count). The number of aromatic nitrogens is 3. The Hall–Kier alpha value is -2.35. The van der Waals surface area contributed by atoms with Crippen molar-refractivity contribution in [3.05, 3.63) is 47.1 Å². The summed E-state index contributed by atoms with van der Waals surface area (Å²) in [4.78, 5) is 16.5. The first-order valence-corrected chi connectivity index (χ1v) is 15.7. The predicted molar refractivity (Wildman–Crippen MR) is 156 cm³/mol. The van der Waals surface area contributed by atoms with Crippen molar-refractivity contribution in [1.29, 1.82) is 0 Å². The lowest BCUT2D eigenvalue weighted by Crippen LogP contribution is -2.44. The third-order valence-electron chi connectivity index (χ3n) is 7.25. The van der Waals surface area contributed by atoms with Gasteiger partial charge in [0.2, 0.25) is 4.34 Å². The number of nitrogens with zero attached hydrogens (tertiary/aromatic N) is 4. The molecule has 0 radical (unpaired) electrons. The normalized spacial score (nSPS) is 21.2. The Morgan fingerprint density at radius 3 is 2.58 bits per heavy atom. The largest absolute Gasteiger partial charge is 0.377 e. The first-order chi connectivity index (χ1) is 18.2. The molecule has 3 aromatic rings. The van der Waals surface area contributed by atoms with Gasteiger partial charge in [-0.3, -0.25) is 9.11 Å². The third-order valence-corrected chi connectivity index (χ3v) is 11.5. The van der Waals surface area contributed by atoms with Gasteiger partial charge >= 0.3 is 0 Å². The molecule has 1 aliphatic heterocycles. The SMILES string of the molecule is Cc1csc(S(O)(O)C2(c3cc(N4CCOC[C@@H]4C)nc(-c4ccc(NC(=S)NC5CC5)cc4)n3)CC2)n1. The lowest BCUT2D eigenvalue weighted by atomic mass is 10.1. The molecular weight excluding hydrogens is 541 g/mol. The van der Waals surface area contributed by atoms with Gasteiger partial charge in [-0.15, -0.1) is 21.9 Å². The van der Waals surface area contributed by atoms with Gasteiger partial charge in [0.25, 0.3) is 0 Å². The van der Waals surface area contributed by atoms with E-state index in [9.17, 15) is 9.11 Å². The fraction of sp³-hybridized carbons (Fsp3) is 0.462. The smallest absolute Gasteiger partial charge is 0.203 e. The van der Waals surface area contributed by atoms with Gasteiger partial charge in [0.05, 0.1) is 30.6 Å². The molecule has 38 heavy (non-hydrogen) atoms. The monoisotopic (exact) mass is 572 g/mol. The highest BCUT2D eigenvalue weighted by atomic mass is 32.3. The molecule has 0 amide bonds. The standard InChI is InChI=1S/C26H32N6O3S3/c1-16-15-37-25(27-16)38(33,34)26(9-10-26)21-13-22(32-11-12-35-14-17(32)2)31-23(30-21)18-3-5-19(6-4-18)28-24(36)29-20-7-8-20/h3-6,13,15,17,20,33-34H,7-12,14H2,1-2H3,(H2,28,29,36)/t17-/m0/s1. The summed E-state index contributed by atoms with van der Waals surface area (Å²) in [6.45, 7) is 5.91. The maximum atomic E-state index is 11.5. The van der Waals surface area contributed by atoms with E-state index in [1.165, 1.54) is 11.3 Å². The molecule has 2 aliphatic carbocycles. The number of anilines is 2. The molecule has 9 nitrogen and oxygen atoms in total. The van der Waals surface area contributed by atoms with Gasteiger partial charge < -0.3 is 20.3 Å². The average molecular weight is 573 g/mol. The highest BCUT2D eigenvalue weighted by Gasteiger charge is 2.58. The van der Waals surface area contributed by atoms with E-state index in [1.54, 1.807) is 0 Å². The number of aryl methyl sites for hydroxylation is 1. The van der Waals surface area contributed by atoms with Crippen molar-refractivity contribution >= 4 is 50.8 Å². The Bertz CT molecular complexity index is 1340. The number of hydrogen-bond donors (Lipinski definition) is 4. The molecule has 12 heteroatoms. The van der Waals surface area contributed by atoms with Crippen LogP contribution in [0.4, 0.5) is 11.5 Å². The fourth-order valence-corrected chi connectivity index (χ4v) is 8.36. The summed E-state index contributed by atoms with van der Waals surface area (Å²) in [7, 11) is -3.20. The minimum Gasteiger partial charge on any atom is -0.377 e. The molecular formula is C26H32N6O3S3. The van der Waals surface area contributed by atoms with Crippen molar-refractivity contribution < 1.29 is 13.8 Å². The van der Waals surface area contributed by atoms with Crippen LogP contribution in [0.1, 0.15) is 44.0 Å². The summed E-state index contributed by atoms with van der Waals surface area (Å²) in [6, 6.07) is 10.4. The summed E-state index contributed by atoms with van der Waals surface area (Å²) in [6.07, 6.45) is 3.59. The van der Waals surface area contributed by atoms with Crippen molar-refractivity contribution in [2.75, 3.05) is 30.0 Å². The Kier molecular flexibility index (Phi) is 6.81. The van der Waals surface area contributed by atoms with Crippen molar-refractivity contribution in [3.63, 3.8) is 0 Å². The van der Waals surface area contributed by atoms with E-state index in [2.05, 4.69) is 27.4 Å². The zero-order valence-corrected chi connectivity index (χ0v) is 23.8. The Morgan fingerprint density at radius 1 is 1.18 bits per heavy atom. The van der Waals surface area contributed by atoms with E-state index in [0.717, 1.165) is 35.6 Å². The van der Waals surface area contributed by atoms with Crippen LogP contribution in [0, 0.1) is 6.92 Å². The van der Waals surface area contributed by atoms with E-state index < -0.39 is 15.3 Å². The first-order valence-electron chi connectivity index (χ1n) is 12.9. The van der Waals surface area contributed by atoms with Gasteiger partial charge in [-0.1, -0.05) is 0 Å². The molecule has 1 atom stereocenters. The van der Waals surface area contributed by atoms with Crippen LogP contribution >= 0.6 is 34.1 Å². The van der Waals surface area contributed by atoms with Crippen LogP contribution in [0.3, 0.4) is 0 Å². The summed E-state index contributed by atoms with van der Waals surface area (Å²) in [5, 5.41) is 9.00. The van der Waals surface area contributed by atoms with Crippen LogP contribution in [-0.2, 0) is 9.48 Å². The van der Waals surface area contributed by atoms with Gasteiger partial charge in [-0.05, 0) is 76.0 Å². The molecule has 202 valence electrons. The number of thiocarbonyl (C=S) groups is 1. The van der Waals surface area contributed by atoms with Crippen LogP contribution in [0.2, 0.25) is 0 Å². The second-order valence-corrected chi connectivity index (χ2v) is 14.1. The summed E-state index contributed by atoms with van der Waals surface area (Å²) in [5.74, 6) is 1.33. The Labute approximate surface area is 233 Å². The molecule has 1 aromatic carbocycles. The van der Waals surface area contributed by atoms with Crippen LogP contribution in [-0.4, -0.2) is 61.0 Å². The molecule has 2 saturated carbocycles. The minimum absolute atomic E-state index is 0.142. The van der Waals surface area contributed by atoms with Crippen molar-refractivity contribution in [3.8, 4) is 11.4 Å². The van der Waals surface area contributed by atoms with Crippen LogP contribution < -0.4 is 15.5 Å². The van der Waals surface area contributed by atoms with Gasteiger partial charge in [-0.2, -0.15) is 0 Å². The minimum atomic E-state index is -3.20. The van der Waals surface area contributed by atoms with E-state index in [1.807, 2.05) is 42.6 Å². The maximum Gasteiger partial charge on any atom is 0.203 e. The molecule has 0 bridgehead atoms. The number of thiazole rings is 1. The summed E-state index contributed by atoms with van der Waals surface area (Å²) < 4.78 is 28.2. The zero-order chi connectivity index (χ0) is 26.5. The van der Waals surface area contributed by atoms with Crippen LogP contribution in [0.15, 0.2) is 40.1 Å². The number of morpholine rings is 1. The highest BCUT2D eigenvalue weighted by molar-refractivity contribution is 8.26. The molecule has 0 unspecified atom stereocenters. The number of rotatable bonds is 7. The molecule has 2 aromatic heterocycles. The molecule has 3 aliphatic rings. The van der Waals surface area contributed by atoms with Gasteiger partial charge in [0.1, 0.15) is 10.6 Å². The molecule has 0 spiro atoms. The van der Waals surface area contributed by atoms with Crippen LogP contribution in [0.5, 0.6) is 0 Å². The van der Waals surface area contributed by atoms with Crippen molar-refractivity contribution in [1.82, 2.24) is 20.3 Å². The maximum absolute atomic E-state index is 11.5.